The lowest BCUT2D eigenvalue weighted by atomic mass is 10.2. The molecule has 22 heavy (non-hydrogen) atoms. The minimum absolute atomic E-state index is 0.221. The summed E-state index contributed by atoms with van der Waals surface area (Å²) in [6.45, 7) is 0. The lowest BCUT2D eigenvalue weighted by molar-refractivity contribution is 0.627. The summed E-state index contributed by atoms with van der Waals surface area (Å²) in [6, 6.07) is 19.3. The van der Waals surface area contributed by atoms with Crippen LogP contribution in [0, 0.1) is 9.39 Å². The van der Waals surface area contributed by atoms with Gasteiger partial charge in [-0.15, -0.1) is 0 Å². The first-order chi connectivity index (χ1) is 10.6. The van der Waals surface area contributed by atoms with Crippen LogP contribution in [0.2, 0.25) is 0 Å². The fourth-order valence-corrected chi connectivity index (χ4v) is 3.69. The molecule has 1 aromatic heterocycles. The van der Waals surface area contributed by atoms with Crippen LogP contribution in [0.3, 0.4) is 0 Å². The van der Waals surface area contributed by atoms with E-state index in [1.165, 1.54) is 26.5 Å². The zero-order valence-corrected chi connectivity index (χ0v) is 15.1. The van der Waals surface area contributed by atoms with Gasteiger partial charge in [-0.3, -0.25) is 0 Å². The van der Waals surface area contributed by atoms with Crippen molar-refractivity contribution in [2.24, 2.45) is 0 Å². The summed E-state index contributed by atoms with van der Waals surface area (Å²) in [5, 5.41) is 2.39. The molecule has 0 aliphatic carbocycles. The van der Waals surface area contributed by atoms with Crippen LogP contribution in [0.4, 0.5) is 4.39 Å². The Labute approximate surface area is 149 Å². The summed E-state index contributed by atoms with van der Waals surface area (Å²) in [4.78, 5) is 0. The molecule has 0 saturated carbocycles. The lowest BCUT2D eigenvalue weighted by Gasteiger charge is -2.07. The highest BCUT2D eigenvalue weighted by atomic mass is 127. The highest BCUT2D eigenvalue weighted by Gasteiger charge is 2.12. The first-order valence-electron chi connectivity index (χ1n) is 6.79. The molecule has 1 nitrogen and oxygen atoms in total. The largest absolute Gasteiger partial charge is 0.309 e. The number of hydrogen-bond acceptors (Lipinski definition) is 0. The first kappa shape index (κ1) is 14.2. The van der Waals surface area contributed by atoms with Crippen LogP contribution in [0.5, 0.6) is 0 Å². The Morgan fingerprint density at radius 3 is 2.18 bits per heavy atom. The Bertz CT molecular complexity index is 946. The predicted molar refractivity (Wildman–Crippen MR) is 101 cm³/mol. The number of benzene rings is 3. The first-order valence-corrected chi connectivity index (χ1v) is 8.66. The normalized spacial score (nSPS) is 11.4. The lowest BCUT2D eigenvalue weighted by Crippen LogP contribution is -1.93. The van der Waals surface area contributed by atoms with Crippen LogP contribution in [-0.2, 0) is 0 Å². The molecule has 0 fully saturated rings. The van der Waals surface area contributed by atoms with Crippen molar-refractivity contribution < 1.29 is 4.39 Å². The minimum Gasteiger partial charge on any atom is -0.309 e. The van der Waals surface area contributed by atoms with E-state index < -0.39 is 0 Å². The molecule has 0 amide bonds. The molecule has 4 aromatic rings. The van der Waals surface area contributed by atoms with Crippen LogP contribution in [0.1, 0.15) is 0 Å². The van der Waals surface area contributed by atoms with Crippen molar-refractivity contribution in [1.29, 1.82) is 0 Å². The Morgan fingerprint density at radius 1 is 0.818 bits per heavy atom. The quantitative estimate of drug-likeness (QED) is 0.291. The molecule has 0 bridgehead atoms. The van der Waals surface area contributed by atoms with Gasteiger partial charge in [0.15, 0.2) is 0 Å². The van der Waals surface area contributed by atoms with E-state index in [9.17, 15) is 4.39 Å². The third kappa shape index (κ3) is 2.25. The number of aromatic nitrogens is 1. The Balaban J connectivity index is 2.17. The van der Waals surface area contributed by atoms with E-state index in [1.807, 2.05) is 18.2 Å². The van der Waals surface area contributed by atoms with Gasteiger partial charge in [0, 0.05) is 24.5 Å². The second-order valence-corrected chi connectivity index (χ2v) is 7.30. The molecule has 0 saturated heterocycles. The summed E-state index contributed by atoms with van der Waals surface area (Å²) < 4.78 is 17.7. The number of hydrogen-bond donors (Lipinski definition) is 0. The zero-order chi connectivity index (χ0) is 15.3. The van der Waals surface area contributed by atoms with Crippen molar-refractivity contribution in [1.82, 2.24) is 4.57 Å². The number of fused-ring (bicyclic) bond motifs is 3. The highest BCUT2D eigenvalue weighted by molar-refractivity contribution is 14.1. The number of halogens is 3. The van der Waals surface area contributed by atoms with Crippen molar-refractivity contribution in [3.8, 4) is 5.69 Å². The van der Waals surface area contributed by atoms with E-state index >= 15 is 0 Å². The monoisotopic (exact) mass is 465 g/mol. The average Bonchev–Trinajstić information content (AvgIpc) is 2.81. The van der Waals surface area contributed by atoms with Crippen molar-refractivity contribution in [2.75, 3.05) is 0 Å². The molecule has 108 valence electrons. The third-order valence-corrected chi connectivity index (χ3v) is 4.94. The summed E-state index contributed by atoms with van der Waals surface area (Å²) in [6.07, 6.45) is 0. The van der Waals surface area contributed by atoms with E-state index in [4.69, 9.17) is 0 Å². The minimum atomic E-state index is -0.221. The molecule has 3 aromatic carbocycles. The molecule has 4 heteroatoms. The van der Waals surface area contributed by atoms with Crippen molar-refractivity contribution in [2.45, 2.75) is 0 Å². The zero-order valence-electron chi connectivity index (χ0n) is 11.4. The van der Waals surface area contributed by atoms with Gasteiger partial charge < -0.3 is 4.57 Å². The maximum atomic E-state index is 13.2. The van der Waals surface area contributed by atoms with Crippen LogP contribution >= 0.6 is 38.5 Å². The summed E-state index contributed by atoms with van der Waals surface area (Å²) in [5.41, 5.74) is 3.21. The van der Waals surface area contributed by atoms with Gasteiger partial charge in [0.2, 0.25) is 0 Å². The van der Waals surface area contributed by atoms with Crippen LogP contribution in [0.25, 0.3) is 27.5 Å². The van der Waals surface area contributed by atoms with Gasteiger partial charge in [-0.05, 0) is 83.3 Å². The maximum absolute atomic E-state index is 13.2. The van der Waals surface area contributed by atoms with Gasteiger partial charge in [-0.2, -0.15) is 0 Å². The van der Waals surface area contributed by atoms with E-state index in [0.717, 1.165) is 21.2 Å². The molecule has 0 aliphatic heterocycles. The number of nitrogens with zero attached hydrogens (tertiary/aromatic N) is 1. The number of rotatable bonds is 1. The van der Waals surface area contributed by atoms with Crippen molar-refractivity contribution >= 4 is 60.3 Å². The predicted octanol–water partition coefficient (Wildman–Crippen LogP) is 6.29. The Kier molecular flexibility index (Phi) is 3.46. The molecular formula is C18H10BrFIN. The summed E-state index contributed by atoms with van der Waals surface area (Å²) >= 11 is 5.88. The smallest absolute Gasteiger partial charge is 0.123 e. The second-order valence-electron chi connectivity index (χ2n) is 5.13. The van der Waals surface area contributed by atoms with Crippen LogP contribution < -0.4 is 0 Å². The molecule has 0 atom stereocenters. The van der Waals surface area contributed by atoms with Crippen LogP contribution in [-0.4, -0.2) is 4.57 Å². The topological polar surface area (TPSA) is 4.93 Å². The summed E-state index contributed by atoms with van der Waals surface area (Å²) in [5.74, 6) is -0.221. The average molecular weight is 466 g/mol. The molecular weight excluding hydrogens is 456 g/mol. The molecule has 1 heterocycles. The van der Waals surface area contributed by atoms with E-state index in [-0.39, 0.29) is 5.82 Å². The molecule has 0 spiro atoms. The van der Waals surface area contributed by atoms with Gasteiger partial charge in [0.05, 0.1) is 11.0 Å². The SMILES string of the molecule is Fc1ccc(-n2c3ccc(Br)cc3c3cc(I)ccc32)cc1. The molecule has 0 radical (unpaired) electrons. The van der Waals surface area contributed by atoms with Gasteiger partial charge in [-0.1, -0.05) is 15.9 Å². The van der Waals surface area contributed by atoms with Crippen molar-refractivity contribution in [3.05, 3.63) is 74.5 Å². The van der Waals surface area contributed by atoms with E-state index in [0.29, 0.717) is 0 Å². The molecule has 0 N–H and O–H groups in total. The Hall–Kier alpha value is -1.40. The van der Waals surface area contributed by atoms with E-state index in [1.54, 1.807) is 0 Å². The maximum Gasteiger partial charge on any atom is 0.123 e. The Morgan fingerprint density at radius 2 is 1.45 bits per heavy atom. The van der Waals surface area contributed by atoms with Gasteiger partial charge in [0.1, 0.15) is 5.82 Å². The second kappa shape index (κ2) is 5.35. The van der Waals surface area contributed by atoms with Gasteiger partial charge in [-0.25, -0.2) is 4.39 Å². The van der Waals surface area contributed by atoms with Gasteiger partial charge in [0.25, 0.3) is 0 Å². The molecule has 0 unspecified atom stereocenters. The third-order valence-electron chi connectivity index (χ3n) is 3.77. The fraction of sp³-hybridized carbons (Fsp3) is 0. The van der Waals surface area contributed by atoms with Gasteiger partial charge >= 0.3 is 0 Å². The molecule has 4 rings (SSSR count). The van der Waals surface area contributed by atoms with Crippen molar-refractivity contribution in [3.63, 3.8) is 0 Å². The van der Waals surface area contributed by atoms with Crippen LogP contribution in [0.15, 0.2) is 65.1 Å². The summed E-state index contributed by atoms with van der Waals surface area (Å²) in [7, 11) is 0. The highest BCUT2D eigenvalue weighted by Crippen LogP contribution is 2.34. The fourth-order valence-electron chi connectivity index (χ4n) is 2.84. The van der Waals surface area contributed by atoms with E-state index in [2.05, 4.69) is 73.4 Å². The standard InChI is InChI=1S/C18H10BrFIN/c19-11-1-7-17-15(9-11)16-10-13(21)4-8-18(16)22(17)14-5-2-12(20)3-6-14/h1-10H. The molecule has 0 aliphatic rings.